The molecule has 7 nitrogen and oxygen atoms in total. The Hall–Kier alpha value is -3.06. The molecule has 7 heteroatoms. The summed E-state index contributed by atoms with van der Waals surface area (Å²) in [5.74, 6) is 0.238. The van der Waals surface area contributed by atoms with E-state index in [-0.39, 0.29) is 63.5 Å². The van der Waals surface area contributed by atoms with Gasteiger partial charge in [-0.1, -0.05) is 121 Å². The third kappa shape index (κ3) is 10.1. The molecule has 52 heavy (non-hydrogen) atoms. The summed E-state index contributed by atoms with van der Waals surface area (Å²) < 4.78 is 11.9. The molecule has 2 N–H and O–H groups in total. The van der Waals surface area contributed by atoms with Crippen LogP contribution in [-0.2, 0) is 53.6 Å². The van der Waals surface area contributed by atoms with Gasteiger partial charge < -0.3 is 19.7 Å². The molecule has 1 aliphatic rings. The average Bonchev–Trinajstić information content (AvgIpc) is 2.97. The van der Waals surface area contributed by atoms with E-state index >= 15 is 0 Å². The Morgan fingerprint density at radius 1 is 0.673 bits per heavy atom. The van der Waals surface area contributed by atoms with E-state index in [1.807, 2.05) is 24.3 Å². The van der Waals surface area contributed by atoms with Crippen LogP contribution in [0.4, 0.5) is 0 Å². The molecule has 1 unspecified atom stereocenters. The van der Waals surface area contributed by atoms with Gasteiger partial charge in [-0.05, 0) is 88.2 Å². The SMILES string of the molecule is CC(C)(C)c1cc(CCC(=O)OCCN2CCC(OC(=O)CCc3cc(C(C)(C)C)c(O)c(C(C)(C)C)c3)C(C)(C)C2(C)C)cc(C(C)(C)C)c1O. The normalized spacial score (nSPS) is 18.3. The van der Waals surface area contributed by atoms with Crippen LogP contribution in [0.1, 0.15) is 163 Å². The van der Waals surface area contributed by atoms with Crippen molar-refractivity contribution in [3.8, 4) is 11.5 Å². The van der Waals surface area contributed by atoms with E-state index in [1.54, 1.807) is 0 Å². The molecule has 2 aromatic rings. The van der Waals surface area contributed by atoms with Gasteiger partial charge in [-0.25, -0.2) is 0 Å². The molecule has 1 heterocycles. The number of ether oxygens (including phenoxy) is 2. The maximum absolute atomic E-state index is 13.3. The Bertz CT molecular complexity index is 1520. The molecular weight excluding hydrogens is 650 g/mol. The van der Waals surface area contributed by atoms with Gasteiger partial charge in [-0.15, -0.1) is 0 Å². The van der Waals surface area contributed by atoms with Crippen LogP contribution in [0.25, 0.3) is 0 Å². The molecule has 0 spiro atoms. The van der Waals surface area contributed by atoms with E-state index in [0.29, 0.717) is 43.9 Å². The van der Waals surface area contributed by atoms with Crippen molar-refractivity contribution in [2.75, 3.05) is 19.7 Å². The second-order valence-electron chi connectivity index (χ2n) is 20.3. The van der Waals surface area contributed by atoms with E-state index in [1.165, 1.54) is 0 Å². The fourth-order valence-electron chi connectivity index (χ4n) is 7.33. The lowest BCUT2D eigenvalue weighted by atomic mass is 9.66. The first-order valence-electron chi connectivity index (χ1n) is 19.3. The molecule has 0 bridgehead atoms. The standard InChI is InChI=1S/C45H71NO6/c1-40(2,3)31-25-29(26-32(38(31)49)41(4,5)6)17-19-36(47)51-24-23-46-22-21-35(44(13,14)45(46,15)16)52-37(48)20-18-30-27-33(42(7,8)9)39(50)34(28-30)43(10,11)12/h25-28,35,49-50H,17-24H2,1-16H3. The largest absolute Gasteiger partial charge is 0.507 e. The van der Waals surface area contributed by atoms with Crippen molar-refractivity contribution < 1.29 is 29.3 Å². The van der Waals surface area contributed by atoms with Crippen LogP contribution in [-0.4, -0.2) is 58.4 Å². The average molecular weight is 722 g/mol. The number of hydrogen-bond donors (Lipinski definition) is 2. The number of nitrogens with zero attached hydrogens (tertiary/aromatic N) is 1. The minimum atomic E-state index is -0.351. The molecule has 3 rings (SSSR count). The van der Waals surface area contributed by atoms with Crippen LogP contribution in [0.3, 0.4) is 0 Å². The first-order valence-corrected chi connectivity index (χ1v) is 19.3. The predicted octanol–water partition coefficient (Wildman–Crippen LogP) is 9.82. The number of piperidine rings is 1. The van der Waals surface area contributed by atoms with Gasteiger partial charge in [-0.3, -0.25) is 14.5 Å². The van der Waals surface area contributed by atoms with Crippen molar-refractivity contribution in [1.29, 1.82) is 0 Å². The fraction of sp³-hybridized carbons (Fsp3) is 0.689. The molecule has 1 atom stereocenters. The number of phenols is 2. The Morgan fingerprint density at radius 3 is 1.40 bits per heavy atom. The van der Waals surface area contributed by atoms with Crippen molar-refractivity contribution in [2.45, 2.75) is 176 Å². The van der Waals surface area contributed by atoms with E-state index in [2.05, 4.69) is 116 Å². The Morgan fingerprint density at radius 2 is 1.04 bits per heavy atom. The zero-order valence-electron chi connectivity index (χ0n) is 35.5. The summed E-state index contributed by atoms with van der Waals surface area (Å²) >= 11 is 0. The summed E-state index contributed by atoms with van der Waals surface area (Å²) in [4.78, 5) is 28.6. The van der Waals surface area contributed by atoms with Gasteiger partial charge in [0.25, 0.3) is 0 Å². The van der Waals surface area contributed by atoms with Crippen molar-refractivity contribution in [3.63, 3.8) is 0 Å². The number of phenolic OH excluding ortho intramolecular Hbond substituents is 2. The van der Waals surface area contributed by atoms with Gasteiger partial charge >= 0.3 is 11.9 Å². The summed E-state index contributed by atoms with van der Waals surface area (Å²) in [5.41, 5.74) is 4.04. The minimum absolute atomic E-state index is 0.211. The smallest absolute Gasteiger partial charge is 0.306 e. The van der Waals surface area contributed by atoms with Crippen LogP contribution in [0.5, 0.6) is 11.5 Å². The van der Waals surface area contributed by atoms with Gasteiger partial charge in [0.15, 0.2) is 0 Å². The highest BCUT2D eigenvalue weighted by molar-refractivity contribution is 5.70. The molecule has 1 saturated heterocycles. The quantitative estimate of drug-likeness (QED) is 0.236. The van der Waals surface area contributed by atoms with Crippen molar-refractivity contribution in [3.05, 3.63) is 57.6 Å². The number of benzene rings is 2. The highest BCUT2D eigenvalue weighted by Gasteiger charge is 2.51. The maximum Gasteiger partial charge on any atom is 0.306 e. The number of hydrogen-bond acceptors (Lipinski definition) is 7. The predicted molar refractivity (Wildman–Crippen MR) is 213 cm³/mol. The number of aryl methyl sites for hydroxylation is 2. The molecule has 0 aromatic heterocycles. The summed E-state index contributed by atoms with van der Waals surface area (Å²) in [7, 11) is 0. The van der Waals surface area contributed by atoms with Crippen LogP contribution in [0.15, 0.2) is 24.3 Å². The Labute approximate surface area is 315 Å². The number of esters is 2. The number of carbonyl (C=O) groups is 2. The van der Waals surface area contributed by atoms with Gasteiger partial charge in [0.05, 0.1) is 0 Å². The topological polar surface area (TPSA) is 96.3 Å². The van der Waals surface area contributed by atoms with Crippen LogP contribution < -0.4 is 0 Å². The third-order valence-electron chi connectivity index (χ3n) is 11.5. The zero-order valence-corrected chi connectivity index (χ0v) is 35.5. The first-order chi connectivity index (χ1) is 23.5. The number of rotatable bonds is 10. The molecule has 1 fully saturated rings. The Kier molecular flexibility index (Phi) is 12.8. The monoisotopic (exact) mass is 722 g/mol. The second kappa shape index (κ2) is 15.4. The van der Waals surface area contributed by atoms with Gasteiger partial charge in [0.2, 0.25) is 0 Å². The molecule has 0 radical (unpaired) electrons. The number of aromatic hydroxyl groups is 2. The number of carbonyl (C=O) groups excluding carboxylic acids is 2. The van der Waals surface area contributed by atoms with Gasteiger partial charge in [0, 0.05) is 36.9 Å². The van der Waals surface area contributed by atoms with Crippen molar-refractivity contribution in [1.82, 2.24) is 4.90 Å². The minimum Gasteiger partial charge on any atom is -0.507 e. The molecule has 292 valence electrons. The lowest BCUT2D eigenvalue weighted by Crippen LogP contribution is -2.64. The number of likely N-dealkylation sites (tertiary alicyclic amines) is 1. The molecule has 1 aliphatic heterocycles. The lowest BCUT2D eigenvalue weighted by molar-refractivity contribution is -0.175. The summed E-state index contributed by atoms with van der Waals surface area (Å²) in [6, 6.07) is 8.13. The molecule has 0 amide bonds. The van der Waals surface area contributed by atoms with E-state index in [0.717, 1.165) is 39.9 Å². The third-order valence-corrected chi connectivity index (χ3v) is 11.5. The highest BCUT2D eigenvalue weighted by Crippen LogP contribution is 2.45. The molecule has 0 aliphatic carbocycles. The zero-order chi connectivity index (χ0) is 39.8. The second-order valence-corrected chi connectivity index (χ2v) is 20.3. The van der Waals surface area contributed by atoms with Gasteiger partial charge in [0.1, 0.15) is 24.2 Å². The van der Waals surface area contributed by atoms with Crippen LogP contribution >= 0.6 is 0 Å². The van der Waals surface area contributed by atoms with E-state index in [9.17, 15) is 19.8 Å². The highest BCUT2D eigenvalue weighted by atomic mass is 16.5. The van der Waals surface area contributed by atoms with E-state index in [4.69, 9.17) is 9.47 Å². The van der Waals surface area contributed by atoms with Crippen molar-refractivity contribution >= 4 is 11.9 Å². The molecule has 0 saturated carbocycles. The summed E-state index contributed by atoms with van der Waals surface area (Å²) in [5, 5.41) is 22.1. The lowest BCUT2D eigenvalue weighted by Gasteiger charge is -2.56. The Balaban J connectivity index is 1.59. The fourth-order valence-corrected chi connectivity index (χ4v) is 7.33. The van der Waals surface area contributed by atoms with Crippen molar-refractivity contribution in [2.24, 2.45) is 5.41 Å². The maximum atomic E-state index is 13.3. The summed E-state index contributed by atoms with van der Waals surface area (Å²) in [6.07, 6.45) is 2.08. The summed E-state index contributed by atoms with van der Waals surface area (Å²) in [6.45, 7) is 35.4. The van der Waals surface area contributed by atoms with Crippen LogP contribution in [0, 0.1) is 5.41 Å². The van der Waals surface area contributed by atoms with E-state index < -0.39 is 0 Å². The molecule has 2 aromatic carbocycles. The first kappa shape index (κ1) is 43.3. The van der Waals surface area contributed by atoms with Crippen LogP contribution in [0.2, 0.25) is 0 Å². The van der Waals surface area contributed by atoms with Gasteiger partial charge in [-0.2, -0.15) is 0 Å². The molecular formula is C45H71NO6.